The maximum absolute atomic E-state index is 2.54. The van der Waals surface area contributed by atoms with E-state index in [0.717, 1.165) is 47.3 Å². The molecule has 0 amide bonds. The first-order valence-electron chi connectivity index (χ1n) is 15.1. The first kappa shape index (κ1) is 25.6. The lowest BCUT2D eigenvalue weighted by Gasteiger charge is -2.34. The fourth-order valence-corrected chi connectivity index (χ4v) is 8.44. The molecule has 0 aromatic rings. The molecule has 0 nitrogen and oxygen atoms in total. The molecule has 5 unspecified atom stereocenters. The molecule has 31 heavy (non-hydrogen) atoms. The van der Waals surface area contributed by atoms with Crippen LogP contribution in [-0.4, -0.2) is 0 Å². The number of unbranched alkanes of at least 4 members (excludes halogenated alkanes) is 2. The minimum atomic E-state index is 1.03. The van der Waals surface area contributed by atoms with E-state index in [2.05, 4.69) is 27.7 Å². The summed E-state index contributed by atoms with van der Waals surface area (Å²) in [7, 11) is 0. The zero-order valence-electron chi connectivity index (χ0n) is 22.1. The summed E-state index contributed by atoms with van der Waals surface area (Å²) in [6.45, 7) is 9.68. The van der Waals surface area contributed by atoms with Gasteiger partial charge in [-0.05, 0) is 79.4 Å². The van der Waals surface area contributed by atoms with Crippen LogP contribution in [0.25, 0.3) is 0 Å². The molecule has 0 heterocycles. The fraction of sp³-hybridized carbons (Fsp3) is 1.00. The molecule has 4 aliphatic carbocycles. The predicted molar refractivity (Wildman–Crippen MR) is 138 cm³/mol. The Morgan fingerprint density at radius 1 is 0.613 bits per heavy atom. The molecular weight excluding hydrogens is 372 g/mol. The molecule has 0 bridgehead atoms. The molecule has 0 N–H and O–H groups in total. The van der Waals surface area contributed by atoms with Crippen LogP contribution in [0.1, 0.15) is 150 Å². The Morgan fingerprint density at radius 2 is 1.32 bits per heavy atom. The van der Waals surface area contributed by atoms with Crippen LogP contribution >= 0.6 is 0 Å². The molecular formula is C31H58. The van der Waals surface area contributed by atoms with Gasteiger partial charge in [0.1, 0.15) is 0 Å². The van der Waals surface area contributed by atoms with Gasteiger partial charge in [0.15, 0.2) is 0 Å². The van der Waals surface area contributed by atoms with E-state index in [0.29, 0.717) is 0 Å². The van der Waals surface area contributed by atoms with Crippen molar-refractivity contribution < 1.29 is 0 Å². The summed E-state index contributed by atoms with van der Waals surface area (Å²) in [5.74, 6) is 8.67. The molecule has 5 atom stereocenters. The normalized spacial score (nSPS) is 39.3. The third-order valence-electron chi connectivity index (χ3n) is 10.4. The highest BCUT2D eigenvalue weighted by Gasteiger charge is 2.38. The third kappa shape index (κ3) is 7.78. The SMILES string of the molecule is CCC1CCC(C2CCC(C)C2)CC1.CCCCCC1CCC(C)C1C1CCCCC1. The molecule has 182 valence electrons. The highest BCUT2D eigenvalue weighted by Crippen LogP contribution is 2.48. The molecule has 0 saturated heterocycles. The summed E-state index contributed by atoms with van der Waals surface area (Å²) in [5, 5.41) is 0. The quantitative estimate of drug-likeness (QED) is 0.352. The monoisotopic (exact) mass is 430 g/mol. The summed E-state index contributed by atoms with van der Waals surface area (Å²) in [5.41, 5.74) is 0. The van der Waals surface area contributed by atoms with E-state index in [-0.39, 0.29) is 0 Å². The maximum Gasteiger partial charge on any atom is -0.0332 e. The van der Waals surface area contributed by atoms with Crippen molar-refractivity contribution in [3.8, 4) is 0 Å². The number of hydrogen-bond acceptors (Lipinski definition) is 0. The van der Waals surface area contributed by atoms with Crippen molar-refractivity contribution >= 4 is 0 Å². The molecule has 0 aliphatic heterocycles. The Labute approximate surface area is 197 Å². The van der Waals surface area contributed by atoms with Crippen molar-refractivity contribution in [2.75, 3.05) is 0 Å². The van der Waals surface area contributed by atoms with Crippen molar-refractivity contribution in [3.05, 3.63) is 0 Å². The molecule has 4 aliphatic rings. The number of rotatable bonds is 7. The van der Waals surface area contributed by atoms with E-state index in [1.165, 1.54) is 70.6 Å². The van der Waals surface area contributed by atoms with Crippen LogP contribution in [0.2, 0.25) is 0 Å². The zero-order chi connectivity index (χ0) is 22.1. The van der Waals surface area contributed by atoms with Crippen LogP contribution in [0, 0.1) is 47.3 Å². The van der Waals surface area contributed by atoms with E-state index in [9.17, 15) is 0 Å². The summed E-state index contributed by atoms with van der Waals surface area (Å²) in [4.78, 5) is 0. The minimum Gasteiger partial charge on any atom is -0.0654 e. The first-order valence-corrected chi connectivity index (χ1v) is 15.1. The summed E-state index contributed by atoms with van der Waals surface area (Å²) >= 11 is 0. The lowest BCUT2D eigenvalue weighted by molar-refractivity contribution is 0.159. The van der Waals surface area contributed by atoms with Crippen LogP contribution < -0.4 is 0 Å². The fourth-order valence-electron chi connectivity index (χ4n) is 8.44. The largest absolute Gasteiger partial charge is 0.0654 e. The van der Waals surface area contributed by atoms with Crippen molar-refractivity contribution in [1.82, 2.24) is 0 Å². The molecule has 4 rings (SSSR count). The molecule has 4 fully saturated rings. The lowest BCUT2D eigenvalue weighted by Crippen LogP contribution is -2.25. The maximum atomic E-state index is 2.54. The van der Waals surface area contributed by atoms with Gasteiger partial charge in [0, 0.05) is 0 Å². The standard InChI is InChI=1S/C17H32.C14H26/c1-3-4-6-9-16-13-12-14(2)17(16)15-10-7-5-8-11-15;1-3-12-5-8-13(9-6-12)14-7-4-11(2)10-14/h14-17H,3-13H2,1-2H3;11-14H,3-10H2,1-2H3. The van der Waals surface area contributed by atoms with Gasteiger partial charge in [-0.1, -0.05) is 118 Å². The van der Waals surface area contributed by atoms with E-state index in [4.69, 9.17) is 0 Å². The average molecular weight is 431 g/mol. The molecule has 0 aromatic heterocycles. The summed E-state index contributed by atoms with van der Waals surface area (Å²) < 4.78 is 0. The average Bonchev–Trinajstić information content (AvgIpc) is 3.40. The molecule has 4 saturated carbocycles. The first-order chi connectivity index (χ1) is 15.1. The lowest BCUT2D eigenvalue weighted by atomic mass is 9.71. The molecule has 0 radical (unpaired) electrons. The number of hydrogen-bond donors (Lipinski definition) is 0. The Morgan fingerprint density at radius 3 is 1.94 bits per heavy atom. The van der Waals surface area contributed by atoms with Crippen molar-refractivity contribution in [2.24, 2.45) is 47.3 Å². The van der Waals surface area contributed by atoms with Gasteiger partial charge in [0.05, 0.1) is 0 Å². The Hall–Kier alpha value is 0. The van der Waals surface area contributed by atoms with Gasteiger partial charge in [0.2, 0.25) is 0 Å². The predicted octanol–water partition coefficient (Wildman–Crippen LogP) is 10.4. The van der Waals surface area contributed by atoms with E-state index < -0.39 is 0 Å². The zero-order valence-corrected chi connectivity index (χ0v) is 22.1. The summed E-state index contributed by atoms with van der Waals surface area (Å²) in [6.07, 6.45) is 28.8. The Kier molecular flexibility index (Phi) is 11.3. The second-order valence-electron chi connectivity index (χ2n) is 12.7. The van der Waals surface area contributed by atoms with Gasteiger partial charge in [-0.3, -0.25) is 0 Å². The Bertz CT molecular complexity index is 453. The highest BCUT2D eigenvalue weighted by molar-refractivity contribution is 4.88. The van der Waals surface area contributed by atoms with Crippen LogP contribution in [0.4, 0.5) is 0 Å². The summed E-state index contributed by atoms with van der Waals surface area (Å²) in [6, 6.07) is 0. The highest BCUT2D eigenvalue weighted by atomic mass is 14.4. The van der Waals surface area contributed by atoms with Crippen LogP contribution in [0.15, 0.2) is 0 Å². The Balaban J connectivity index is 0.000000179. The van der Waals surface area contributed by atoms with Crippen molar-refractivity contribution in [1.29, 1.82) is 0 Å². The van der Waals surface area contributed by atoms with Crippen LogP contribution in [0.3, 0.4) is 0 Å². The van der Waals surface area contributed by atoms with Gasteiger partial charge >= 0.3 is 0 Å². The second-order valence-corrected chi connectivity index (χ2v) is 12.7. The van der Waals surface area contributed by atoms with Gasteiger partial charge < -0.3 is 0 Å². The molecule has 0 spiro atoms. The van der Waals surface area contributed by atoms with Crippen molar-refractivity contribution in [3.63, 3.8) is 0 Å². The van der Waals surface area contributed by atoms with Gasteiger partial charge in [-0.2, -0.15) is 0 Å². The van der Waals surface area contributed by atoms with Gasteiger partial charge in [-0.25, -0.2) is 0 Å². The van der Waals surface area contributed by atoms with Crippen molar-refractivity contribution in [2.45, 2.75) is 150 Å². The van der Waals surface area contributed by atoms with E-state index >= 15 is 0 Å². The third-order valence-corrected chi connectivity index (χ3v) is 10.4. The van der Waals surface area contributed by atoms with Gasteiger partial charge in [-0.15, -0.1) is 0 Å². The van der Waals surface area contributed by atoms with Gasteiger partial charge in [0.25, 0.3) is 0 Å². The molecule has 0 aromatic carbocycles. The van der Waals surface area contributed by atoms with E-state index in [1.807, 2.05) is 0 Å². The van der Waals surface area contributed by atoms with Crippen LogP contribution in [-0.2, 0) is 0 Å². The molecule has 0 heteroatoms. The minimum absolute atomic E-state index is 1.03. The van der Waals surface area contributed by atoms with E-state index in [1.54, 1.807) is 51.4 Å². The topological polar surface area (TPSA) is 0 Å². The second kappa shape index (κ2) is 13.6. The smallest absolute Gasteiger partial charge is 0.0332 e. The van der Waals surface area contributed by atoms with Crippen LogP contribution in [0.5, 0.6) is 0 Å².